The molecule has 6 heteroatoms. The highest BCUT2D eigenvalue weighted by molar-refractivity contribution is 6.32. The van der Waals surface area contributed by atoms with Crippen LogP contribution in [-0.4, -0.2) is 23.5 Å². The van der Waals surface area contributed by atoms with Crippen molar-refractivity contribution in [2.45, 2.75) is 19.8 Å². The normalized spacial score (nSPS) is 10.4. The van der Waals surface area contributed by atoms with Crippen molar-refractivity contribution in [2.24, 2.45) is 0 Å². The van der Waals surface area contributed by atoms with Crippen LogP contribution in [0.1, 0.15) is 35.7 Å². The van der Waals surface area contributed by atoms with Crippen LogP contribution in [0, 0.1) is 0 Å². The number of carbonyl (C=O) groups is 2. The molecule has 0 aliphatic rings. The molecule has 0 atom stereocenters. The highest BCUT2D eigenvalue weighted by Gasteiger charge is 2.15. The first-order valence-corrected chi connectivity index (χ1v) is 7.53. The Morgan fingerprint density at radius 3 is 2.65 bits per heavy atom. The van der Waals surface area contributed by atoms with Crippen LogP contribution in [0.25, 0.3) is 0 Å². The minimum Gasteiger partial charge on any atom is -0.452 e. The third kappa shape index (κ3) is 4.53. The predicted octanol–water partition coefficient (Wildman–Crippen LogP) is 3.65. The van der Waals surface area contributed by atoms with Gasteiger partial charge in [0.1, 0.15) is 5.15 Å². The number of rotatable bonds is 5. The second kappa shape index (κ2) is 7.74. The average Bonchev–Trinajstić information content (AvgIpc) is 2.53. The molecule has 2 aromatic rings. The molecule has 0 radical (unpaired) electrons. The Morgan fingerprint density at radius 2 is 1.96 bits per heavy atom. The van der Waals surface area contributed by atoms with Crippen LogP contribution in [0.4, 0.5) is 5.69 Å². The number of nitrogens with one attached hydrogen (secondary N) is 1. The Kier molecular flexibility index (Phi) is 5.71. The van der Waals surface area contributed by atoms with E-state index >= 15 is 0 Å². The summed E-state index contributed by atoms with van der Waals surface area (Å²) >= 11 is 5.81. The molecule has 5 nitrogen and oxygen atoms in total. The zero-order valence-electron chi connectivity index (χ0n) is 12.9. The van der Waals surface area contributed by atoms with Crippen LogP contribution in [0.3, 0.4) is 0 Å². The third-order valence-corrected chi connectivity index (χ3v) is 3.47. The Balaban J connectivity index is 1.96. The van der Waals surface area contributed by atoms with Gasteiger partial charge in [-0.15, -0.1) is 0 Å². The van der Waals surface area contributed by atoms with Crippen molar-refractivity contribution < 1.29 is 14.3 Å². The molecule has 0 unspecified atom stereocenters. The van der Waals surface area contributed by atoms with Crippen LogP contribution in [0.2, 0.25) is 5.15 Å². The van der Waals surface area contributed by atoms with Crippen molar-refractivity contribution in [2.75, 3.05) is 11.9 Å². The number of hydrogen-bond donors (Lipinski definition) is 1. The van der Waals surface area contributed by atoms with Gasteiger partial charge in [0.25, 0.3) is 5.91 Å². The largest absolute Gasteiger partial charge is 0.452 e. The minimum atomic E-state index is -0.685. The van der Waals surface area contributed by atoms with Gasteiger partial charge >= 0.3 is 5.97 Å². The molecule has 1 aromatic heterocycles. The molecule has 0 aliphatic heterocycles. The minimum absolute atomic E-state index is 0.0445. The Morgan fingerprint density at radius 1 is 1.22 bits per heavy atom. The van der Waals surface area contributed by atoms with E-state index in [0.717, 1.165) is 5.56 Å². The average molecular weight is 333 g/mol. The maximum Gasteiger partial charge on any atom is 0.341 e. The SMILES string of the molecule is CC(C)c1ccccc1NC(=O)COC(=O)c1cccnc1Cl. The lowest BCUT2D eigenvalue weighted by molar-refractivity contribution is -0.119. The van der Waals surface area contributed by atoms with Crippen molar-refractivity contribution in [1.82, 2.24) is 4.98 Å². The summed E-state index contributed by atoms with van der Waals surface area (Å²) in [5.74, 6) is -0.829. The highest BCUT2D eigenvalue weighted by Crippen LogP contribution is 2.23. The van der Waals surface area contributed by atoms with Crippen LogP contribution in [0.5, 0.6) is 0 Å². The molecule has 1 aromatic carbocycles. The summed E-state index contributed by atoms with van der Waals surface area (Å²) in [5.41, 5.74) is 1.86. The molecule has 1 N–H and O–H groups in total. The first-order valence-electron chi connectivity index (χ1n) is 7.15. The van der Waals surface area contributed by atoms with Gasteiger partial charge in [0.05, 0.1) is 5.56 Å². The van der Waals surface area contributed by atoms with E-state index in [4.69, 9.17) is 16.3 Å². The number of pyridine rings is 1. The number of para-hydroxylation sites is 1. The van der Waals surface area contributed by atoms with Gasteiger partial charge in [-0.3, -0.25) is 4.79 Å². The second-order valence-corrected chi connectivity index (χ2v) is 5.57. The lowest BCUT2D eigenvalue weighted by atomic mass is 10.0. The number of halogens is 1. The standard InChI is InChI=1S/C17H17ClN2O3/c1-11(2)12-6-3-4-8-14(12)20-15(21)10-23-17(22)13-7-5-9-19-16(13)18/h3-9,11H,10H2,1-2H3,(H,20,21). The molecule has 0 spiro atoms. The fourth-order valence-electron chi connectivity index (χ4n) is 2.05. The number of aromatic nitrogens is 1. The highest BCUT2D eigenvalue weighted by atomic mass is 35.5. The van der Waals surface area contributed by atoms with Gasteiger partial charge in [-0.1, -0.05) is 43.6 Å². The summed E-state index contributed by atoms with van der Waals surface area (Å²) in [6, 6.07) is 10.6. The fourth-order valence-corrected chi connectivity index (χ4v) is 2.24. The van der Waals surface area contributed by atoms with Crippen molar-refractivity contribution in [1.29, 1.82) is 0 Å². The quantitative estimate of drug-likeness (QED) is 0.670. The number of carbonyl (C=O) groups excluding carboxylic acids is 2. The Bertz CT molecular complexity index is 716. The van der Waals surface area contributed by atoms with E-state index in [-0.39, 0.29) is 16.6 Å². The molecule has 0 saturated heterocycles. The van der Waals surface area contributed by atoms with Gasteiger partial charge in [-0.05, 0) is 29.7 Å². The van der Waals surface area contributed by atoms with Gasteiger partial charge in [0.2, 0.25) is 0 Å². The summed E-state index contributed by atoms with van der Waals surface area (Å²) in [6.07, 6.45) is 1.47. The number of nitrogens with zero attached hydrogens (tertiary/aromatic N) is 1. The smallest absolute Gasteiger partial charge is 0.341 e. The van der Waals surface area contributed by atoms with E-state index in [1.165, 1.54) is 12.3 Å². The second-order valence-electron chi connectivity index (χ2n) is 5.21. The van der Waals surface area contributed by atoms with Crippen LogP contribution < -0.4 is 5.32 Å². The molecule has 23 heavy (non-hydrogen) atoms. The molecular weight excluding hydrogens is 316 g/mol. The van der Waals surface area contributed by atoms with Gasteiger partial charge in [0.15, 0.2) is 6.61 Å². The summed E-state index contributed by atoms with van der Waals surface area (Å²) in [6.45, 7) is 3.68. The van der Waals surface area contributed by atoms with E-state index < -0.39 is 18.5 Å². The zero-order valence-corrected chi connectivity index (χ0v) is 13.6. The number of amides is 1. The number of esters is 1. The van der Waals surface area contributed by atoms with Crippen LogP contribution in [0.15, 0.2) is 42.6 Å². The van der Waals surface area contributed by atoms with E-state index in [1.807, 2.05) is 38.1 Å². The molecule has 1 heterocycles. The maximum absolute atomic E-state index is 12.0. The monoisotopic (exact) mass is 332 g/mol. The molecule has 2 rings (SSSR count). The molecule has 0 saturated carbocycles. The van der Waals surface area contributed by atoms with E-state index in [2.05, 4.69) is 10.3 Å². The summed E-state index contributed by atoms with van der Waals surface area (Å²) < 4.78 is 4.97. The summed E-state index contributed by atoms with van der Waals surface area (Å²) in [4.78, 5) is 27.6. The third-order valence-electron chi connectivity index (χ3n) is 3.17. The van der Waals surface area contributed by atoms with Gasteiger partial charge in [0, 0.05) is 11.9 Å². The molecule has 0 aliphatic carbocycles. The molecule has 120 valence electrons. The lowest BCUT2D eigenvalue weighted by Gasteiger charge is -2.13. The van der Waals surface area contributed by atoms with Crippen molar-refractivity contribution >= 4 is 29.2 Å². The van der Waals surface area contributed by atoms with Gasteiger partial charge < -0.3 is 10.1 Å². The molecule has 0 fully saturated rings. The molecular formula is C17H17ClN2O3. The Labute approximate surface area is 139 Å². The molecule has 1 amide bonds. The first kappa shape index (κ1) is 17.0. The van der Waals surface area contributed by atoms with Crippen LogP contribution >= 0.6 is 11.6 Å². The summed E-state index contributed by atoms with van der Waals surface area (Å²) in [7, 11) is 0. The van der Waals surface area contributed by atoms with Crippen molar-refractivity contribution in [3.8, 4) is 0 Å². The maximum atomic E-state index is 12.0. The van der Waals surface area contributed by atoms with Gasteiger partial charge in [-0.2, -0.15) is 0 Å². The first-order chi connectivity index (χ1) is 11.0. The molecule has 0 bridgehead atoms. The van der Waals surface area contributed by atoms with Crippen molar-refractivity contribution in [3.63, 3.8) is 0 Å². The number of benzene rings is 1. The number of anilines is 1. The van der Waals surface area contributed by atoms with E-state index in [9.17, 15) is 9.59 Å². The summed E-state index contributed by atoms with van der Waals surface area (Å²) in [5, 5.41) is 2.79. The fraction of sp³-hybridized carbons (Fsp3) is 0.235. The number of ether oxygens (including phenoxy) is 1. The Hall–Kier alpha value is -2.40. The van der Waals surface area contributed by atoms with E-state index in [1.54, 1.807) is 6.07 Å². The van der Waals surface area contributed by atoms with E-state index in [0.29, 0.717) is 5.69 Å². The van der Waals surface area contributed by atoms with Crippen molar-refractivity contribution in [3.05, 3.63) is 58.9 Å². The predicted molar refractivity (Wildman–Crippen MR) is 88.7 cm³/mol. The lowest BCUT2D eigenvalue weighted by Crippen LogP contribution is -2.21. The van der Waals surface area contributed by atoms with Crippen LogP contribution in [-0.2, 0) is 9.53 Å². The zero-order chi connectivity index (χ0) is 16.8. The topological polar surface area (TPSA) is 68.3 Å². The number of hydrogen-bond acceptors (Lipinski definition) is 4. The van der Waals surface area contributed by atoms with Gasteiger partial charge in [-0.25, -0.2) is 9.78 Å².